The summed E-state index contributed by atoms with van der Waals surface area (Å²) in [5, 5.41) is 4.85. The Kier molecular flexibility index (Phi) is 5.53. The lowest BCUT2D eigenvalue weighted by Gasteiger charge is -2.16. The standard InChI is InChI=1S/C18H21NO3/c1-3-4-9-16(18(21)22-2)19-17(20)15-11-10-13-7-5-6-8-14(13)12-15/h5-8,10-12,16H,3-4,9H2,1-2H3,(H,19,20)/t16-/m1/s1. The van der Waals surface area contributed by atoms with Gasteiger partial charge in [0.1, 0.15) is 6.04 Å². The maximum Gasteiger partial charge on any atom is 0.328 e. The highest BCUT2D eigenvalue weighted by atomic mass is 16.5. The van der Waals surface area contributed by atoms with Crippen molar-refractivity contribution in [1.29, 1.82) is 0 Å². The van der Waals surface area contributed by atoms with Crippen LogP contribution in [0.25, 0.3) is 10.8 Å². The molecule has 0 aromatic heterocycles. The van der Waals surface area contributed by atoms with E-state index in [1.807, 2.05) is 43.3 Å². The Bertz CT molecular complexity index is 666. The van der Waals surface area contributed by atoms with Crippen LogP contribution in [0.4, 0.5) is 0 Å². The van der Waals surface area contributed by atoms with Crippen molar-refractivity contribution >= 4 is 22.6 Å². The first kappa shape index (κ1) is 16.0. The minimum absolute atomic E-state index is 0.253. The van der Waals surface area contributed by atoms with Crippen LogP contribution in [-0.4, -0.2) is 25.0 Å². The van der Waals surface area contributed by atoms with Gasteiger partial charge in [0.05, 0.1) is 7.11 Å². The molecule has 2 aromatic rings. The molecule has 0 saturated heterocycles. The van der Waals surface area contributed by atoms with Gasteiger partial charge in [0.2, 0.25) is 0 Å². The molecule has 2 rings (SSSR count). The first-order valence-corrected chi connectivity index (χ1v) is 7.53. The number of amides is 1. The van der Waals surface area contributed by atoms with Crippen LogP contribution in [0.2, 0.25) is 0 Å². The number of hydrogen-bond acceptors (Lipinski definition) is 3. The molecule has 0 aliphatic rings. The summed E-state index contributed by atoms with van der Waals surface area (Å²) in [5.41, 5.74) is 0.545. The van der Waals surface area contributed by atoms with Crippen molar-refractivity contribution in [2.45, 2.75) is 32.2 Å². The number of nitrogens with one attached hydrogen (secondary N) is 1. The number of fused-ring (bicyclic) bond motifs is 1. The average molecular weight is 299 g/mol. The fourth-order valence-electron chi connectivity index (χ4n) is 2.37. The van der Waals surface area contributed by atoms with Gasteiger partial charge in [0, 0.05) is 5.56 Å². The van der Waals surface area contributed by atoms with E-state index in [2.05, 4.69) is 5.32 Å². The smallest absolute Gasteiger partial charge is 0.328 e. The van der Waals surface area contributed by atoms with Gasteiger partial charge in [0.15, 0.2) is 0 Å². The van der Waals surface area contributed by atoms with E-state index in [0.717, 1.165) is 23.6 Å². The van der Waals surface area contributed by atoms with Crippen LogP contribution >= 0.6 is 0 Å². The highest BCUT2D eigenvalue weighted by molar-refractivity contribution is 6.00. The zero-order valence-corrected chi connectivity index (χ0v) is 13.0. The Balaban J connectivity index is 2.15. The van der Waals surface area contributed by atoms with Crippen molar-refractivity contribution < 1.29 is 14.3 Å². The molecule has 0 saturated carbocycles. The Hall–Kier alpha value is -2.36. The predicted octanol–water partition coefficient (Wildman–Crippen LogP) is 3.30. The second kappa shape index (κ2) is 7.59. The van der Waals surface area contributed by atoms with Crippen LogP contribution in [0.1, 0.15) is 36.5 Å². The normalized spacial score (nSPS) is 11.9. The molecular formula is C18H21NO3. The highest BCUT2D eigenvalue weighted by Crippen LogP contribution is 2.16. The summed E-state index contributed by atoms with van der Waals surface area (Å²) in [5.74, 6) is -0.653. The van der Waals surface area contributed by atoms with E-state index in [1.54, 1.807) is 6.07 Å². The molecule has 0 heterocycles. The predicted molar refractivity (Wildman–Crippen MR) is 86.7 cm³/mol. The zero-order chi connectivity index (χ0) is 15.9. The number of methoxy groups -OCH3 is 1. The highest BCUT2D eigenvalue weighted by Gasteiger charge is 2.21. The molecule has 0 unspecified atom stereocenters. The monoisotopic (exact) mass is 299 g/mol. The fourth-order valence-corrected chi connectivity index (χ4v) is 2.37. The number of unbranched alkanes of at least 4 members (excludes halogenated alkanes) is 1. The Morgan fingerprint density at radius 1 is 1.14 bits per heavy atom. The van der Waals surface area contributed by atoms with Gasteiger partial charge in [0.25, 0.3) is 5.91 Å². The molecule has 116 valence electrons. The topological polar surface area (TPSA) is 55.4 Å². The first-order chi connectivity index (χ1) is 10.7. The number of hydrogen-bond donors (Lipinski definition) is 1. The van der Waals surface area contributed by atoms with Gasteiger partial charge in [-0.2, -0.15) is 0 Å². The summed E-state index contributed by atoms with van der Waals surface area (Å²) in [6.45, 7) is 2.04. The van der Waals surface area contributed by atoms with E-state index >= 15 is 0 Å². The number of esters is 1. The van der Waals surface area contributed by atoms with Crippen molar-refractivity contribution in [2.75, 3.05) is 7.11 Å². The summed E-state index contributed by atoms with van der Waals surface area (Å²) in [6, 6.07) is 12.8. The molecule has 2 aromatic carbocycles. The van der Waals surface area contributed by atoms with Gasteiger partial charge < -0.3 is 10.1 Å². The molecule has 0 fully saturated rings. The summed E-state index contributed by atoms with van der Waals surface area (Å²) >= 11 is 0. The third kappa shape index (κ3) is 3.85. The lowest BCUT2D eigenvalue weighted by Crippen LogP contribution is -2.41. The molecule has 1 amide bonds. The van der Waals surface area contributed by atoms with Gasteiger partial charge in [-0.05, 0) is 29.3 Å². The zero-order valence-electron chi connectivity index (χ0n) is 13.0. The van der Waals surface area contributed by atoms with E-state index in [1.165, 1.54) is 7.11 Å². The third-order valence-corrected chi connectivity index (χ3v) is 3.65. The van der Waals surface area contributed by atoms with Crippen LogP contribution in [-0.2, 0) is 9.53 Å². The maximum atomic E-state index is 12.4. The van der Waals surface area contributed by atoms with Crippen molar-refractivity contribution in [3.8, 4) is 0 Å². The van der Waals surface area contributed by atoms with E-state index < -0.39 is 12.0 Å². The summed E-state index contributed by atoms with van der Waals surface area (Å²) in [7, 11) is 1.34. The molecule has 0 radical (unpaired) electrons. The molecule has 0 bridgehead atoms. The van der Waals surface area contributed by atoms with Gasteiger partial charge >= 0.3 is 5.97 Å². The molecule has 4 heteroatoms. The van der Waals surface area contributed by atoms with Crippen molar-refractivity contribution in [1.82, 2.24) is 5.32 Å². The molecule has 22 heavy (non-hydrogen) atoms. The Morgan fingerprint density at radius 3 is 2.55 bits per heavy atom. The molecule has 4 nitrogen and oxygen atoms in total. The number of carbonyl (C=O) groups excluding carboxylic acids is 2. The van der Waals surface area contributed by atoms with Crippen LogP contribution in [0, 0.1) is 0 Å². The van der Waals surface area contributed by atoms with Gasteiger partial charge in [-0.3, -0.25) is 4.79 Å². The molecule has 1 atom stereocenters. The van der Waals surface area contributed by atoms with Crippen molar-refractivity contribution in [3.05, 3.63) is 48.0 Å². The van der Waals surface area contributed by atoms with Gasteiger partial charge in [-0.15, -0.1) is 0 Å². The van der Waals surface area contributed by atoms with E-state index in [0.29, 0.717) is 12.0 Å². The van der Waals surface area contributed by atoms with E-state index in [9.17, 15) is 9.59 Å². The number of carbonyl (C=O) groups is 2. The molecule has 0 spiro atoms. The fraction of sp³-hybridized carbons (Fsp3) is 0.333. The third-order valence-electron chi connectivity index (χ3n) is 3.65. The largest absolute Gasteiger partial charge is 0.467 e. The SMILES string of the molecule is CCCC[C@@H](NC(=O)c1ccc2ccccc2c1)C(=O)OC. The summed E-state index contributed by atoms with van der Waals surface area (Å²) in [6.07, 6.45) is 2.40. The van der Waals surface area contributed by atoms with Crippen LogP contribution in [0.3, 0.4) is 0 Å². The maximum absolute atomic E-state index is 12.4. The number of rotatable bonds is 6. The molecule has 1 N–H and O–H groups in total. The van der Waals surface area contributed by atoms with Crippen LogP contribution < -0.4 is 5.32 Å². The summed E-state index contributed by atoms with van der Waals surface area (Å²) < 4.78 is 4.76. The molecular weight excluding hydrogens is 278 g/mol. The number of ether oxygens (including phenoxy) is 1. The second-order valence-electron chi connectivity index (χ2n) is 5.25. The van der Waals surface area contributed by atoms with Crippen LogP contribution in [0.5, 0.6) is 0 Å². The Morgan fingerprint density at radius 2 is 1.86 bits per heavy atom. The first-order valence-electron chi connectivity index (χ1n) is 7.53. The van der Waals surface area contributed by atoms with Crippen molar-refractivity contribution in [3.63, 3.8) is 0 Å². The number of benzene rings is 2. The lowest BCUT2D eigenvalue weighted by atomic mass is 10.1. The molecule has 0 aliphatic heterocycles. The minimum atomic E-state index is -0.594. The summed E-state index contributed by atoms with van der Waals surface area (Å²) in [4.78, 5) is 24.1. The van der Waals surface area contributed by atoms with Gasteiger partial charge in [-0.25, -0.2) is 4.79 Å². The van der Waals surface area contributed by atoms with Crippen molar-refractivity contribution in [2.24, 2.45) is 0 Å². The van der Waals surface area contributed by atoms with Gasteiger partial charge in [-0.1, -0.05) is 50.1 Å². The van der Waals surface area contributed by atoms with E-state index in [-0.39, 0.29) is 5.91 Å². The van der Waals surface area contributed by atoms with E-state index in [4.69, 9.17) is 4.74 Å². The Labute approximate surface area is 130 Å². The molecule has 0 aliphatic carbocycles. The van der Waals surface area contributed by atoms with Crippen LogP contribution in [0.15, 0.2) is 42.5 Å². The minimum Gasteiger partial charge on any atom is -0.467 e. The average Bonchev–Trinajstić information content (AvgIpc) is 2.57. The quantitative estimate of drug-likeness (QED) is 0.833. The second-order valence-corrected chi connectivity index (χ2v) is 5.25. The lowest BCUT2D eigenvalue weighted by molar-refractivity contribution is -0.143.